The molecule has 3 aromatic rings. The molecular weight excluding hydrogens is 360 g/mol. The van der Waals surface area contributed by atoms with Gasteiger partial charge in [0.15, 0.2) is 5.78 Å². The van der Waals surface area contributed by atoms with Crippen molar-refractivity contribution >= 4 is 17.5 Å². The molecule has 0 saturated heterocycles. The molecule has 0 saturated carbocycles. The number of hydrogen-bond donors (Lipinski definition) is 0. The second-order valence-corrected chi connectivity index (χ2v) is 6.65. The number of hydrogen-bond acceptors (Lipinski definition) is 6. The topological polar surface area (TPSA) is 61.3 Å². The lowest BCUT2D eigenvalue weighted by Crippen LogP contribution is -2.02. The Labute approximate surface area is 162 Å². The van der Waals surface area contributed by atoms with Crippen molar-refractivity contribution in [3.8, 4) is 22.8 Å². The van der Waals surface area contributed by atoms with Crippen molar-refractivity contribution in [3.63, 3.8) is 0 Å². The van der Waals surface area contributed by atoms with E-state index in [4.69, 9.17) is 9.47 Å². The van der Waals surface area contributed by atoms with Crippen molar-refractivity contribution in [1.82, 2.24) is 10.2 Å². The molecule has 0 atom stereocenters. The van der Waals surface area contributed by atoms with E-state index in [9.17, 15) is 4.79 Å². The molecule has 6 heteroatoms. The molecule has 0 aliphatic heterocycles. The van der Waals surface area contributed by atoms with Gasteiger partial charge in [0, 0.05) is 11.1 Å². The maximum absolute atomic E-state index is 12.3. The first-order chi connectivity index (χ1) is 13.2. The fraction of sp³-hybridized carbons (Fsp3) is 0.190. The van der Waals surface area contributed by atoms with E-state index in [1.54, 1.807) is 31.4 Å². The summed E-state index contributed by atoms with van der Waals surface area (Å²) in [7, 11) is 1.60. The van der Waals surface area contributed by atoms with E-state index in [2.05, 4.69) is 10.2 Å². The zero-order valence-electron chi connectivity index (χ0n) is 15.2. The van der Waals surface area contributed by atoms with Crippen LogP contribution >= 0.6 is 11.8 Å². The Morgan fingerprint density at radius 2 is 1.63 bits per heavy atom. The minimum absolute atomic E-state index is 0.0417. The number of nitrogens with zero attached hydrogens (tertiary/aromatic N) is 2. The highest BCUT2D eigenvalue weighted by Gasteiger charge is 2.08. The number of ether oxygens (including phenoxy) is 2. The minimum Gasteiger partial charge on any atom is -0.497 e. The van der Waals surface area contributed by atoms with Crippen LogP contribution in [0.3, 0.4) is 0 Å². The van der Waals surface area contributed by atoms with Crippen LogP contribution in [-0.2, 0) is 0 Å². The maximum atomic E-state index is 12.3. The van der Waals surface area contributed by atoms with Gasteiger partial charge in [-0.1, -0.05) is 11.8 Å². The summed E-state index contributed by atoms with van der Waals surface area (Å²) in [4.78, 5) is 12.3. The molecule has 2 aromatic carbocycles. The highest BCUT2D eigenvalue weighted by Crippen LogP contribution is 2.23. The number of benzene rings is 2. The molecule has 0 N–H and O–H groups in total. The van der Waals surface area contributed by atoms with Crippen molar-refractivity contribution in [2.24, 2.45) is 0 Å². The van der Waals surface area contributed by atoms with Crippen LogP contribution in [0.15, 0.2) is 65.7 Å². The molecule has 0 spiro atoms. The van der Waals surface area contributed by atoms with E-state index >= 15 is 0 Å². The maximum Gasteiger partial charge on any atom is 0.173 e. The fourth-order valence-electron chi connectivity index (χ4n) is 2.44. The summed E-state index contributed by atoms with van der Waals surface area (Å²) in [6, 6.07) is 18.6. The second-order valence-electron chi connectivity index (χ2n) is 5.65. The molecule has 0 bridgehead atoms. The van der Waals surface area contributed by atoms with Crippen molar-refractivity contribution in [2.75, 3.05) is 19.5 Å². The highest BCUT2D eigenvalue weighted by molar-refractivity contribution is 7.99. The molecule has 0 unspecified atom stereocenters. The molecule has 0 aliphatic carbocycles. The molecule has 138 valence electrons. The number of rotatable bonds is 8. The summed E-state index contributed by atoms with van der Waals surface area (Å²) < 4.78 is 10.5. The smallest absolute Gasteiger partial charge is 0.173 e. The van der Waals surface area contributed by atoms with Gasteiger partial charge in [-0.2, -0.15) is 0 Å². The van der Waals surface area contributed by atoms with Crippen LogP contribution in [0.2, 0.25) is 0 Å². The number of Topliss-reactive ketones (excluding diaryl/α,β-unsaturated/α-hetero) is 1. The SMILES string of the molecule is CCOc1ccc(-c2ccc(SCC(=O)c3ccc(OC)cc3)nn2)cc1. The molecule has 5 nitrogen and oxygen atoms in total. The normalized spacial score (nSPS) is 10.4. The summed E-state index contributed by atoms with van der Waals surface area (Å²) in [5.74, 6) is 1.91. The Hall–Kier alpha value is -2.86. The van der Waals surface area contributed by atoms with E-state index in [1.165, 1.54) is 11.8 Å². The van der Waals surface area contributed by atoms with Crippen LogP contribution < -0.4 is 9.47 Å². The standard InChI is InChI=1S/C21H20N2O3S/c1-3-26-18-10-4-15(5-11-18)19-12-13-21(23-22-19)27-14-20(24)16-6-8-17(25-2)9-7-16/h4-13H,3,14H2,1-2H3. The summed E-state index contributed by atoms with van der Waals surface area (Å²) in [5.41, 5.74) is 2.41. The Bertz CT molecular complexity index is 879. The van der Waals surface area contributed by atoms with E-state index in [0.717, 1.165) is 22.8 Å². The molecular formula is C21H20N2O3S. The second kappa shape index (κ2) is 9.19. The summed E-state index contributed by atoms with van der Waals surface area (Å²) >= 11 is 1.37. The van der Waals surface area contributed by atoms with Crippen molar-refractivity contribution in [1.29, 1.82) is 0 Å². The van der Waals surface area contributed by atoms with Crippen molar-refractivity contribution in [2.45, 2.75) is 11.9 Å². The van der Waals surface area contributed by atoms with Crippen LogP contribution in [0.5, 0.6) is 11.5 Å². The lowest BCUT2D eigenvalue weighted by atomic mass is 10.1. The van der Waals surface area contributed by atoms with Crippen LogP contribution in [0.4, 0.5) is 0 Å². The highest BCUT2D eigenvalue weighted by atomic mass is 32.2. The molecule has 3 rings (SSSR count). The van der Waals surface area contributed by atoms with E-state index < -0.39 is 0 Å². The molecule has 0 amide bonds. The van der Waals surface area contributed by atoms with Crippen molar-refractivity contribution in [3.05, 3.63) is 66.2 Å². The van der Waals surface area contributed by atoms with Gasteiger partial charge < -0.3 is 9.47 Å². The third-order valence-electron chi connectivity index (χ3n) is 3.86. The number of aromatic nitrogens is 2. The number of methoxy groups -OCH3 is 1. The largest absolute Gasteiger partial charge is 0.497 e. The Morgan fingerprint density at radius 1 is 0.926 bits per heavy atom. The lowest BCUT2D eigenvalue weighted by molar-refractivity contribution is 0.102. The van der Waals surface area contributed by atoms with E-state index in [1.807, 2.05) is 43.3 Å². The van der Waals surface area contributed by atoms with Gasteiger partial charge in [-0.15, -0.1) is 10.2 Å². The van der Waals surface area contributed by atoms with Crippen LogP contribution in [0, 0.1) is 0 Å². The Morgan fingerprint density at radius 3 is 2.22 bits per heavy atom. The van der Waals surface area contributed by atoms with Gasteiger partial charge in [0.05, 0.1) is 25.2 Å². The van der Waals surface area contributed by atoms with Crippen LogP contribution in [0.25, 0.3) is 11.3 Å². The lowest BCUT2D eigenvalue weighted by Gasteiger charge is -2.05. The van der Waals surface area contributed by atoms with Crippen LogP contribution in [0.1, 0.15) is 17.3 Å². The van der Waals surface area contributed by atoms with Crippen LogP contribution in [-0.4, -0.2) is 35.5 Å². The summed E-state index contributed by atoms with van der Waals surface area (Å²) in [6.45, 7) is 2.59. The third kappa shape index (κ3) is 5.08. The monoisotopic (exact) mass is 380 g/mol. The first-order valence-electron chi connectivity index (χ1n) is 8.56. The van der Waals surface area contributed by atoms with Gasteiger partial charge in [-0.25, -0.2) is 0 Å². The van der Waals surface area contributed by atoms with Gasteiger partial charge in [0.2, 0.25) is 0 Å². The first kappa shape index (κ1) is 18.9. The number of carbonyl (C=O) groups excluding carboxylic acids is 1. The van der Waals surface area contributed by atoms with E-state index in [0.29, 0.717) is 22.9 Å². The van der Waals surface area contributed by atoms with Gasteiger partial charge in [-0.05, 0) is 67.6 Å². The molecule has 1 heterocycles. The molecule has 0 radical (unpaired) electrons. The predicted octanol–water partition coefficient (Wildman–Crippen LogP) is 4.53. The predicted molar refractivity (Wildman–Crippen MR) is 107 cm³/mol. The molecule has 0 aliphatic rings. The Kier molecular flexibility index (Phi) is 6.44. The Balaban J connectivity index is 1.59. The summed E-state index contributed by atoms with van der Waals surface area (Å²) in [6.07, 6.45) is 0. The first-order valence-corrected chi connectivity index (χ1v) is 9.55. The van der Waals surface area contributed by atoms with Gasteiger partial charge in [-0.3, -0.25) is 4.79 Å². The zero-order chi connectivity index (χ0) is 19.1. The number of ketones is 1. The molecule has 1 aromatic heterocycles. The average molecular weight is 380 g/mol. The average Bonchev–Trinajstić information content (AvgIpc) is 2.73. The fourth-order valence-corrected chi connectivity index (χ4v) is 3.15. The number of thioether (sulfide) groups is 1. The van der Waals surface area contributed by atoms with Gasteiger partial charge >= 0.3 is 0 Å². The third-order valence-corrected chi connectivity index (χ3v) is 4.78. The van der Waals surface area contributed by atoms with Crippen molar-refractivity contribution < 1.29 is 14.3 Å². The summed E-state index contributed by atoms with van der Waals surface area (Å²) in [5, 5.41) is 9.19. The van der Waals surface area contributed by atoms with E-state index in [-0.39, 0.29) is 5.78 Å². The quantitative estimate of drug-likeness (QED) is 0.423. The minimum atomic E-state index is 0.0417. The molecule has 0 fully saturated rings. The number of carbonyl (C=O) groups is 1. The van der Waals surface area contributed by atoms with Gasteiger partial charge in [0.1, 0.15) is 16.5 Å². The zero-order valence-corrected chi connectivity index (χ0v) is 16.0. The molecule has 27 heavy (non-hydrogen) atoms. The van der Waals surface area contributed by atoms with Gasteiger partial charge in [0.25, 0.3) is 0 Å².